The normalized spacial score (nSPS) is 36.6. The summed E-state index contributed by atoms with van der Waals surface area (Å²) < 4.78 is 6.99. The molecule has 6 atom stereocenters. The van der Waals surface area contributed by atoms with E-state index in [1.807, 2.05) is 0 Å². The van der Waals surface area contributed by atoms with Crippen molar-refractivity contribution in [3.05, 3.63) is 70.6 Å². The summed E-state index contributed by atoms with van der Waals surface area (Å²) in [5.41, 5.74) is 6.36. The second-order valence-electron chi connectivity index (χ2n) is 12.5. The van der Waals surface area contributed by atoms with E-state index in [9.17, 15) is 0 Å². The average molecular weight is 446 g/mol. The van der Waals surface area contributed by atoms with Crippen LogP contribution < -0.4 is 0 Å². The van der Waals surface area contributed by atoms with Crippen molar-refractivity contribution in [2.45, 2.75) is 78.9 Å². The molecular formula is C31H43NO. The van der Waals surface area contributed by atoms with E-state index in [1.165, 1.54) is 54.6 Å². The van der Waals surface area contributed by atoms with Gasteiger partial charge in [-0.25, -0.2) is 0 Å². The molecule has 0 saturated heterocycles. The first-order valence-corrected chi connectivity index (χ1v) is 13.3. The maximum Gasteiger partial charge on any atom is 0.134 e. The summed E-state index contributed by atoms with van der Waals surface area (Å²) in [6, 6.07) is 0.410. The van der Waals surface area contributed by atoms with Crippen molar-refractivity contribution in [2.75, 3.05) is 13.6 Å². The lowest BCUT2D eigenvalue weighted by atomic mass is 9.74. The average Bonchev–Trinajstić information content (AvgIpc) is 3.14. The zero-order valence-corrected chi connectivity index (χ0v) is 21.6. The first-order chi connectivity index (χ1) is 15.7. The lowest BCUT2D eigenvalue weighted by molar-refractivity contribution is 0.0922. The Kier molecular flexibility index (Phi) is 6.10. The van der Waals surface area contributed by atoms with Crippen LogP contribution in [0.5, 0.6) is 0 Å². The maximum atomic E-state index is 6.99. The highest BCUT2D eigenvalue weighted by Crippen LogP contribution is 2.50. The van der Waals surface area contributed by atoms with E-state index in [1.54, 1.807) is 5.57 Å². The molecule has 2 heterocycles. The highest BCUT2D eigenvalue weighted by Gasteiger charge is 2.46. The van der Waals surface area contributed by atoms with Gasteiger partial charge in [-0.15, -0.1) is 0 Å². The summed E-state index contributed by atoms with van der Waals surface area (Å²) >= 11 is 0. The Morgan fingerprint density at radius 1 is 1.12 bits per heavy atom. The Balaban J connectivity index is 1.45. The molecule has 5 aliphatic rings. The molecule has 0 radical (unpaired) electrons. The third-order valence-electron chi connectivity index (χ3n) is 8.44. The number of ether oxygens (including phenoxy) is 1. The molecule has 0 saturated carbocycles. The van der Waals surface area contributed by atoms with Crippen LogP contribution in [0, 0.1) is 29.1 Å². The second kappa shape index (κ2) is 8.77. The SMILES string of the molecule is CC1CC=C(C2=CC=CC3C4=C(OC23)C(C2C=C(CC(C)(C)C)CCN2C)C(C)C=C4)CC1. The van der Waals surface area contributed by atoms with Gasteiger partial charge in [0, 0.05) is 30.0 Å². The second-order valence-corrected chi connectivity index (χ2v) is 12.5. The van der Waals surface area contributed by atoms with Gasteiger partial charge in [0.25, 0.3) is 0 Å². The molecule has 6 unspecified atom stereocenters. The molecule has 178 valence electrons. The Morgan fingerprint density at radius 3 is 2.67 bits per heavy atom. The highest BCUT2D eigenvalue weighted by molar-refractivity contribution is 5.50. The van der Waals surface area contributed by atoms with Crippen LogP contribution in [0.2, 0.25) is 0 Å². The number of nitrogens with zero attached hydrogens (tertiary/aromatic N) is 1. The monoisotopic (exact) mass is 445 g/mol. The van der Waals surface area contributed by atoms with Crippen LogP contribution >= 0.6 is 0 Å². The predicted molar refractivity (Wildman–Crippen MR) is 139 cm³/mol. The summed E-state index contributed by atoms with van der Waals surface area (Å²) in [6.07, 6.45) is 23.1. The Hall–Kier alpha value is -1.80. The van der Waals surface area contributed by atoms with E-state index < -0.39 is 0 Å². The van der Waals surface area contributed by atoms with Crippen molar-refractivity contribution in [3.8, 4) is 0 Å². The van der Waals surface area contributed by atoms with Gasteiger partial charge in [-0.3, -0.25) is 4.90 Å². The largest absolute Gasteiger partial charge is 0.488 e. The summed E-state index contributed by atoms with van der Waals surface area (Å²) in [5.74, 6) is 3.31. The van der Waals surface area contributed by atoms with E-state index in [2.05, 4.69) is 89.1 Å². The molecule has 2 nitrogen and oxygen atoms in total. The van der Waals surface area contributed by atoms with E-state index in [0.717, 1.165) is 12.5 Å². The summed E-state index contributed by atoms with van der Waals surface area (Å²) in [7, 11) is 2.31. The summed E-state index contributed by atoms with van der Waals surface area (Å²) in [5, 5.41) is 0. The van der Waals surface area contributed by atoms with Crippen molar-refractivity contribution >= 4 is 0 Å². The van der Waals surface area contributed by atoms with Gasteiger partial charge in [-0.05, 0) is 67.5 Å². The van der Waals surface area contributed by atoms with E-state index in [-0.39, 0.29) is 6.10 Å². The number of fused-ring (bicyclic) bond motifs is 2. The molecule has 0 amide bonds. The Morgan fingerprint density at radius 2 is 1.94 bits per heavy atom. The van der Waals surface area contributed by atoms with Crippen molar-refractivity contribution in [2.24, 2.45) is 29.1 Å². The fourth-order valence-corrected chi connectivity index (χ4v) is 6.63. The fraction of sp³-hybridized carbons (Fsp3) is 0.613. The van der Waals surface area contributed by atoms with Gasteiger partial charge in [0.2, 0.25) is 0 Å². The molecule has 0 aromatic rings. The van der Waals surface area contributed by atoms with Gasteiger partial charge in [0.1, 0.15) is 11.9 Å². The number of hydrogen-bond donors (Lipinski definition) is 0. The zero-order valence-electron chi connectivity index (χ0n) is 21.6. The minimum absolute atomic E-state index is 0.157. The number of rotatable bonds is 3. The lowest BCUT2D eigenvalue weighted by Crippen LogP contribution is -2.44. The summed E-state index contributed by atoms with van der Waals surface area (Å²) in [4.78, 5) is 2.57. The molecule has 0 bridgehead atoms. The van der Waals surface area contributed by atoms with Gasteiger partial charge in [0.05, 0.1) is 0 Å². The van der Waals surface area contributed by atoms with E-state index in [0.29, 0.717) is 29.2 Å². The quantitative estimate of drug-likeness (QED) is 0.420. The van der Waals surface area contributed by atoms with Crippen LogP contribution in [0.25, 0.3) is 0 Å². The van der Waals surface area contributed by atoms with Gasteiger partial charge >= 0.3 is 0 Å². The van der Waals surface area contributed by atoms with Crippen LogP contribution in [0.15, 0.2) is 70.6 Å². The fourth-order valence-electron chi connectivity index (χ4n) is 6.63. The molecule has 0 fully saturated rings. The first kappa shape index (κ1) is 23.0. The standard InChI is InChI=1S/C31H43NO/c1-20-10-13-23(14-11-20)24-8-7-9-25-26-15-12-21(2)28(30(26)33-29(24)25)27-18-22(16-17-32(27)6)19-31(3,4)5/h7-9,12-13,15,18,20-21,25,27-29H,10-11,14,16-17,19H2,1-6H3. The van der Waals surface area contributed by atoms with Crippen molar-refractivity contribution in [3.63, 3.8) is 0 Å². The van der Waals surface area contributed by atoms with Gasteiger partial charge in [-0.2, -0.15) is 0 Å². The van der Waals surface area contributed by atoms with Crippen molar-refractivity contribution in [1.82, 2.24) is 4.90 Å². The van der Waals surface area contributed by atoms with Crippen LogP contribution in [0.1, 0.15) is 66.7 Å². The first-order valence-electron chi connectivity index (χ1n) is 13.3. The van der Waals surface area contributed by atoms with Crippen LogP contribution in [0.4, 0.5) is 0 Å². The minimum Gasteiger partial charge on any atom is -0.488 e. The van der Waals surface area contributed by atoms with Gasteiger partial charge < -0.3 is 4.74 Å². The van der Waals surface area contributed by atoms with Gasteiger partial charge in [-0.1, -0.05) is 82.7 Å². The maximum absolute atomic E-state index is 6.99. The smallest absolute Gasteiger partial charge is 0.134 e. The molecule has 0 spiro atoms. The summed E-state index contributed by atoms with van der Waals surface area (Å²) in [6.45, 7) is 13.0. The van der Waals surface area contributed by atoms with Crippen molar-refractivity contribution < 1.29 is 4.74 Å². The van der Waals surface area contributed by atoms with Crippen LogP contribution in [-0.4, -0.2) is 30.6 Å². The molecule has 33 heavy (non-hydrogen) atoms. The minimum atomic E-state index is 0.157. The number of hydrogen-bond acceptors (Lipinski definition) is 2. The Labute approximate surface area is 201 Å². The third kappa shape index (κ3) is 4.48. The van der Waals surface area contributed by atoms with Crippen LogP contribution in [-0.2, 0) is 4.74 Å². The molecule has 2 aliphatic heterocycles. The molecule has 0 aromatic carbocycles. The number of allylic oxidation sites excluding steroid dienone is 5. The molecule has 0 aromatic heterocycles. The molecule has 0 N–H and O–H groups in total. The Bertz CT molecular complexity index is 965. The molecule has 2 heteroatoms. The highest BCUT2D eigenvalue weighted by atomic mass is 16.5. The van der Waals surface area contributed by atoms with Crippen LogP contribution in [0.3, 0.4) is 0 Å². The predicted octanol–water partition coefficient (Wildman–Crippen LogP) is 7.39. The third-order valence-corrected chi connectivity index (χ3v) is 8.44. The molecular weight excluding hydrogens is 402 g/mol. The van der Waals surface area contributed by atoms with E-state index in [4.69, 9.17) is 4.74 Å². The zero-order chi connectivity index (χ0) is 23.3. The van der Waals surface area contributed by atoms with Crippen molar-refractivity contribution in [1.29, 1.82) is 0 Å². The molecule has 3 aliphatic carbocycles. The number of likely N-dealkylation sites (N-methyl/N-ethyl adjacent to an activating group) is 1. The topological polar surface area (TPSA) is 12.5 Å². The van der Waals surface area contributed by atoms with Gasteiger partial charge in [0.15, 0.2) is 0 Å². The molecule has 5 rings (SSSR count). The lowest BCUT2D eigenvalue weighted by Gasteiger charge is -2.41. The van der Waals surface area contributed by atoms with E-state index >= 15 is 0 Å².